The smallest absolute Gasteiger partial charge is 0.353 e. The third-order valence-electron chi connectivity index (χ3n) is 3.90. The Morgan fingerprint density at radius 3 is 2.83 bits per heavy atom. The fraction of sp³-hybridized carbons (Fsp3) is 0.235. The molecular weight excluding hydrogens is 306 g/mol. The van der Waals surface area contributed by atoms with Crippen molar-refractivity contribution >= 4 is 22.6 Å². The molecule has 0 atom stereocenters. The van der Waals surface area contributed by atoms with Crippen LogP contribution in [0, 0.1) is 11.3 Å². The molecule has 0 bridgehead atoms. The van der Waals surface area contributed by atoms with Crippen molar-refractivity contribution in [2.75, 3.05) is 7.11 Å². The van der Waals surface area contributed by atoms with Crippen LogP contribution in [0.3, 0.4) is 0 Å². The molecule has 1 saturated carbocycles. The number of nitrogens with two attached hydrogens (primary N) is 2. The van der Waals surface area contributed by atoms with Crippen LogP contribution < -0.4 is 11.5 Å². The van der Waals surface area contributed by atoms with Crippen molar-refractivity contribution in [3.8, 4) is 6.07 Å². The third kappa shape index (κ3) is 2.70. The van der Waals surface area contributed by atoms with Crippen molar-refractivity contribution < 1.29 is 9.53 Å². The molecule has 4 N–H and O–H groups in total. The Kier molecular flexibility index (Phi) is 3.96. The maximum absolute atomic E-state index is 11.5. The maximum atomic E-state index is 11.5. The highest BCUT2D eigenvalue weighted by atomic mass is 16.5. The third-order valence-corrected chi connectivity index (χ3v) is 3.90. The van der Waals surface area contributed by atoms with E-state index in [-0.39, 0.29) is 5.70 Å². The van der Waals surface area contributed by atoms with E-state index in [0.717, 1.165) is 23.9 Å². The summed E-state index contributed by atoms with van der Waals surface area (Å²) in [6.07, 6.45) is 4.88. The molecule has 1 aromatic carbocycles. The summed E-state index contributed by atoms with van der Waals surface area (Å²) in [5.41, 5.74) is 14.2. The van der Waals surface area contributed by atoms with Crippen LogP contribution in [-0.4, -0.2) is 22.6 Å². The van der Waals surface area contributed by atoms with Gasteiger partial charge in [-0.25, -0.2) is 9.78 Å². The van der Waals surface area contributed by atoms with Gasteiger partial charge in [-0.15, -0.1) is 0 Å². The van der Waals surface area contributed by atoms with Gasteiger partial charge < -0.3 is 20.8 Å². The molecule has 1 aliphatic rings. The Bertz CT molecular complexity index is 913. The second kappa shape index (κ2) is 6.08. The number of carbonyl (C=O) groups excluding carboxylic acids is 1. The predicted octanol–water partition coefficient (Wildman–Crippen LogP) is 1.56. The number of allylic oxidation sites excluding steroid dienone is 2. The normalized spacial score (nSPS) is 15.3. The Morgan fingerprint density at radius 2 is 2.25 bits per heavy atom. The lowest BCUT2D eigenvalue weighted by molar-refractivity contribution is -0.136. The van der Waals surface area contributed by atoms with Gasteiger partial charge in [0, 0.05) is 17.8 Å². The molecule has 0 spiro atoms. The van der Waals surface area contributed by atoms with E-state index in [9.17, 15) is 4.79 Å². The summed E-state index contributed by atoms with van der Waals surface area (Å²) >= 11 is 0. The molecule has 0 aliphatic heterocycles. The Morgan fingerprint density at radius 1 is 1.50 bits per heavy atom. The molecule has 1 heterocycles. The van der Waals surface area contributed by atoms with Crippen LogP contribution in [0.1, 0.15) is 30.3 Å². The summed E-state index contributed by atoms with van der Waals surface area (Å²) in [6, 6.07) is 7.78. The second-order valence-electron chi connectivity index (χ2n) is 5.57. The number of fused-ring (bicyclic) bond motifs is 1. The average Bonchev–Trinajstić information content (AvgIpc) is 3.38. The first-order valence-corrected chi connectivity index (χ1v) is 7.49. The molecule has 24 heavy (non-hydrogen) atoms. The van der Waals surface area contributed by atoms with E-state index in [2.05, 4.69) is 20.4 Å². The van der Waals surface area contributed by atoms with Gasteiger partial charge in [0.2, 0.25) is 0 Å². The number of ether oxygens (including phenoxy) is 1. The molecule has 1 aliphatic carbocycles. The number of benzene rings is 1. The maximum Gasteiger partial charge on any atom is 0.353 e. The number of hydrogen-bond donors (Lipinski definition) is 2. The molecule has 0 unspecified atom stereocenters. The quantitative estimate of drug-likeness (QED) is 0.500. The minimum atomic E-state index is -0.629. The van der Waals surface area contributed by atoms with Gasteiger partial charge >= 0.3 is 5.97 Å². The number of carbonyl (C=O) groups is 1. The number of methoxy groups -OCH3 is 1. The van der Waals surface area contributed by atoms with E-state index in [0.29, 0.717) is 23.0 Å². The fourth-order valence-corrected chi connectivity index (χ4v) is 2.60. The molecule has 2 aromatic rings. The monoisotopic (exact) mass is 323 g/mol. The number of imidazole rings is 1. The summed E-state index contributed by atoms with van der Waals surface area (Å²) in [5.74, 6) is -0.00728. The molecule has 1 fully saturated rings. The molecule has 122 valence electrons. The second-order valence-corrected chi connectivity index (χ2v) is 5.57. The number of esters is 1. The lowest BCUT2D eigenvalue weighted by Crippen LogP contribution is -2.13. The lowest BCUT2D eigenvalue weighted by atomic mass is 10.2. The van der Waals surface area contributed by atoms with Crippen molar-refractivity contribution in [2.24, 2.45) is 11.5 Å². The fourth-order valence-electron chi connectivity index (χ4n) is 2.60. The minimum absolute atomic E-state index is 0.0543. The van der Waals surface area contributed by atoms with Gasteiger partial charge in [-0.05, 0) is 37.1 Å². The van der Waals surface area contributed by atoms with Crippen LogP contribution in [0.2, 0.25) is 0 Å². The van der Waals surface area contributed by atoms with Crippen molar-refractivity contribution in [2.45, 2.75) is 18.9 Å². The number of nitriles is 1. The molecule has 0 radical (unpaired) electrons. The summed E-state index contributed by atoms with van der Waals surface area (Å²) in [6.45, 7) is 0. The average molecular weight is 323 g/mol. The molecular formula is C17H17N5O2. The van der Waals surface area contributed by atoms with Crippen LogP contribution in [0.15, 0.2) is 36.2 Å². The highest BCUT2D eigenvalue weighted by molar-refractivity contribution is 5.92. The van der Waals surface area contributed by atoms with Crippen LogP contribution in [0.4, 0.5) is 0 Å². The van der Waals surface area contributed by atoms with Gasteiger partial charge in [0.25, 0.3) is 0 Å². The standard InChI is InChI=1S/C17H17N5O2/c1-24-17(23)13(20)7-11(9-19)16-21-14-5-2-10(8-18)6-15(14)22(16)12-3-4-12/h2,5-7,9,12H,3-4,19-20H2,1H3/b11-9+,13-7-. The zero-order valence-corrected chi connectivity index (χ0v) is 13.2. The number of nitrogens with zero attached hydrogens (tertiary/aromatic N) is 3. The van der Waals surface area contributed by atoms with Gasteiger partial charge in [-0.3, -0.25) is 0 Å². The molecule has 1 aromatic heterocycles. The van der Waals surface area contributed by atoms with E-state index in [4.69, 9.17) is 16.7 Å². The van der Waals surface area contributed by atoms with Crippen molar-refractivity contribution in [3.05, 3.63) is 47.6 Å². The zero-order chi connectivity index (χ0) is 17.3. The Hall–Kier alpha value is -3.27. The van der Waals surface area contributed by atoms with E-state index < -0.39 is 5.97 Å². The Balaban J connectivity index is 2.16. The van der Waals surface area contributed by atoms with E-state index in [1.54, 1.807) is 12.1 Å². The molecule has 7 nitrogen and oxygen atoms in total. The molecule has 3 rings (SSSR count). The van der Waals surface area contributed by atoms with Gasteiger partial charge in [0.1, 0.15) is 11.5 Å². The van der Waals surface area contributed by atoms with Gasteiger partial charge in [-0.1, -0.05) is 0 Å². The molecule has 0 saturated heterocycles. The Labute approximate surface area is 138 Å². The molecule has 0 amide bonds. The van der Waals surface area contributed by atoms with E-state index in [1.165, 1.54) is 19.4 Å². The number of hydrogen-bond acceptors (Lipinski definition) is 6. The van der Waals surface area contributed by atoms with Gasteiger partial charge in [0.15, 0.2) is 0 Å². The summed E-state index contributed by atoms with van der Waals surface area (Å²) in [4.78, 5) is 16.1. The van der Waals surface area contributed by atoms with Crippen LogP contribution in [0.25, 0.3) is 16.6 Å². The SMILES string of the molecule is COC(=O)/C(N)=C/C(=C\N)c1nc2ccc(C#N)cc2n1C1CC1. The van der Waals surface area contributed by atoms with Crippen molar-refractivity contribution in [3.63, 3.8) is 0 Å². The highest BCUT2D eigenvalue weighted by Crippen LogP contribution is 2.40. The number of rotatable bonds is 4. The highest BCUT2D eigenvalue weighted by Gasteiger charge is 2.29. The first-order valence-electron chi connectivity index (χ1n) is 7.49. The minimum Gasteiger partial charge on any atom is -0.464 e. The molecule has 7 heteroatoms. The zero-order valence-electron chi connectivity index (χ0n) is 13.2. The predicted molar refractivity (Wildman–Crippen MR) is 89.2 cm³/mol. The first-order chi connectivity index (χ1) is 11.6. The van der Waals surface area contributed by atoms with Crippen molar-refractivity contribution in [1.29, 1.82) is 5.26 Å². The van der Waals surface area contributed by atoms with Gasteiger partial charge in [-0.2, -0.15) is 5.26 Å². The van der Waals surface area contributed by atoms with Crippen LogP contribution in [0.5, 0.6) is 0 Å². The largest absolute Gasteiger partial charge is 0.464 e. The van der Waals surface area contributed by atoms with Crippen LogP contribution >= 0.6 is 0 Å². The van der Waals surface area contributed by atoms with E-state index >= 15 is 0 Å². The lowest BCUT2D eigenvalue weighted by Gasteiger charge is -2.09. The van der Waals surface area contributed by atoms with E-state index in [1.807, 2.05) is 6.07 Å². The summed E-state index contributed by atoms with van der Waals surface area (Å²) < 4.78 is 6.66. The summed E-state index contributed by atoms with van der Waals surface area (Å²) in [7, 11) is 1.26. The summed E-state index contributed by atoms with van der Waals surface area (Å²) in [5, 5.41) is 9.12. The number of aromatic nitrogens is 2. The van der Waals surface area contributed by atoms with Crippen molar-refractivity contribution in [1.82, 2.24) is 9.55 Å². The van der Waals surface area contributed by atoms with Crippen LogP contribution in [-0.2, 0) is 9.53 Å². The topological polar surface area (TPSA) is 120 Å². The van der Waals surface area contributed by atoms with Gasteiger partial charge in [0.05, 0.1) is 29.8 Å². The first kappa shape index (κ1) is 15.6.